The third-order valence-corrected chi connectivity index (χ3v) is 4.81. The number of rotatable bonds is 7. The Morgan fingerprint density at radius 1 is 1.13 bits per heavy atom. The van der Waals surface area contributed by atoms with Crippen molar-refractivity contribution in [3.8, 4) is 5.75 Å². The van der Waals surface area contributed by atoms with Gasteiger partial charge in [0.25, 0.3) is 0 Å². The van der Waals surface area contributed by atoms with Crippen LogP contribution >= 0.6 is 11.6 Å². The van der Waals surface area contributed by atoms with Crippen LogP contribution in [0.2, 0.25) is 5.02 Å². The molecule has 0 saturated carbocycles. The maximum atomic E-state index is 12.2. The van der Waals surface area contributed by atoms with Crippen LogP contribution in [0.5, 0.6) is 5.75 Å². The molecule has 0 fully saturated rings. The number of nitrogens with one attached hydrogen (secondary N) is 1. The highest BCUT2D eigenvalue weighted by atomic mass is 35.5. The van der Waals surface area contributed by atoms with Crippen molar-refractivity contribution in [2.75, 3.05) is 6.54 Å². The van der Waals surface area contributed by atoms with Gasteiger partial charge in [0.1, 0.15) is 5.75 Å². The molecule has 23 heavy (non-hydrogen) atoms. The molecule has 1 N–H and O–H groups in total. The van der Waals surface area contributed by atoms with Crippen molar-refractivity contribution in [1.29, 1.82) is 0 Å². The molecule has 2 rings (SSSR count). The topological polar surface area (TPSA) is 55.4 Å². The van der Waals surface area contributed by atoms with Crippen LogP contribution in [-0.2, 0) is 16.4 Å². The number of benzene rings is 2. The minimum absolute atomic E-state index is 0.0493. The summed E-state index contributed by atoms with van der Waals surface area (Å²) in [6, 6.07) is 13.8. The monoisotopic (exact) mass is 353 g/mol. The summed E-state index contributed by atoms with van der Waals surface area (Å²) >= 11 is 5.91. The number of sulfonamides is 1. The van der Waals surface area contributed by atoms with Gasteiger partial charge in [0.15, 0.2) is 0 Å². The van der Waals surface area contributed by atoms with Crippen LogP contribution in [0.4, 0.5) is 0 Å². The summed E-state index contributed by atoms with van der Waals surface area (Å²) in [5, 5.41) is 0.645. The molecular weight excluding hydrogens is 334 g/mol. The molecule has 2 aromatic carbocycles. The van der Waals surface area contributed by atoms with E-state index in [-0.39, 0.29) is 11.0 Å². The fourth-order valence-corrected chi connectivity index (χ4v) is 3.32. The normalized spacial score (nSPS) is 11.7. The van der Waals surface area contributed by atoms with Crippen molar-refractivity contribution in [1.82, 2.24) is 4.72 Å². The molecular formula is C17H20ClNO3S. The second-order valence-corrected chi connectivity index (χ2v) is 7.62. The highest BCUT2D eigenvalue weighted by Gasteiger charge is 2.13. The largest absolute Gasteiger partial charge is 0.491 e. The zero-order chi connectivity index (χ0) is 16.9. The lowest BCUT2D eigenvalue weighted by Crippen LogP contribution is -2.26. The second kappa shape index (κ2) is 7.81. The first kappa shape index (κ1) is 17.8. The van der Waals surface area contributed by atoms with Crippen molar-refractivity contribution in [3.63, 3.8) is 0 Å². The number of hydrogen-bond acceptors (Lipinski definition) is 3. The van der Waals surface area contributed by atoms with Crippen molar-refractivity contribution < 1.29 is 13.2 Å². The molecule has 0 heterocycles. The van der Waals surface area contributed by atoms with Crippen molar-refractivity contribution in [2.45, 2.75) is 31.3 Å². The van der Waals surface area contributed by atoms with Crippen molar-refractivity contribution in [3.05, 3.63) is 59.1 Å². The minimum Gasteiger partial charge on any atom is -0.491 e. The highest BCUT2D eigenvalue weighted by Crippen LogP contribution is 2.17. The van der Waals surface area contributed by atoms with E-state index in [4.69, 9.17) is 16.3 Å². The Morgan fingerprint density at radius 3 is 2.43 bits per heavy atom. The molecule has 4 nitrogen and oxygen atoms in total. The Hall–Kier alpha value is -1.56. The van der Waals surface area contributed by atoms with Crippen LogP contribution in [0.3, 0.4) is 0 Å². The van der Waals surface area contributed by atoms with Gasteiger partial charge in [-0.15, -0.1) is 0 Å². The Balaban J connectivity index is 1.96. The van der Waals surface area contributed by atoms with E-state index in [1.165, 1.54) is 0 Å². The van der Waals surface area contributed by atoms with Crippen LogP contribution < -0.4 is 9.46 Å². The predicted molar refractivity (Wildman–Crippen MR) is 92.6 cm³/mol. The van der Waals surface area contributed by atoms with E-state index in [9.17, 15) is 8.42 Å². The third kappa shape index (κ3) is 5.53. The second-order valence-electron chi connectivity index (χ2n) is 5.42. The first-order valence-electron chi connectivity index (χ1n) is 7.37. The summed E-state index contributed by atoms with van der Waals surface area (Å²) in [4.78, 5) is 0.222. The maximum absolute atomic E-state index is 12.2. The van der Waals surface area contributed by atoms with Crippen LogP contribution in [0.25, 0.3) is 0 Å². The summed E-state index contributed by atoms with van der Waals surface area (Å²) in [7, 11) is -3.52. The summed E-state index contributed by atoms with van der Waals surface area (Å²) in [6.45, 7) is 4.15. The first-order chi connectivity index (χ1) is 10.9. The van der Waals surface area contributed by atoms with Crippen LogP contribution in [-0.4, -0.2) is 21.1 Å². The number of ether oxygens (including phenoxy) is 1. The SMILES string of the molecule is CC(C)Oc1ccc(S(=O)(=O)NCCc2cccc(Cl)c2)cc1. The number of halogens is 1. The predicted octanol–water partition coefficient (Wildman–Crippen LogP) is 3.65. The summed E-state index contributed by atoms with van der Waals surface area (Å²) in [5.74, 6) is 0.651. The molecule has 2 aromatic rings. The molecule has 124 valence electrons. The number of hydrogen-bond donors (Lipinski definition) is 1. The lowest BCUT2D eigenvalue weighted by molar-refractivity contribution is 0.242. The van der Waals surface area contributed by atoms with Gasteiger partial charge in [-0.2, -0.15) is 0 Å². The van der Waals surface area contributed by atoms with Crippen molar-refractivity contribution in [2.24, 2.45) is 0 Å². The highest BCUT2D eigenvalue weighted by molar-refractivity contribution is 7.89. The molecule has 0 spiro atoms. The van der Waals surface area contributed by atoms with Gasteiger partial charge in [-0.05, 0) is 62.2 Å². The quantitative estimate of drug-likeness (QED) is 0.826. The van der Waals surface area contributed by atoms with E-state index in [0.29, 0.717) is 23.7 Å². The summed E-state index contributed by atoms with van der Waals surface area (Å²) < 4.78 is 32.6. The Morgan fingerprint density at radius 2 is 1.83 bits per heavy atom. The first-order valence-corrected chi connectivity index (χ1v) is 9.24. The molecule has 6 heteroatoms. The summed E-state index contributed by atoms with van der Waals surface area (Å²) in [6.07, 6.45) is 0.627. The van der Waals surface area contributed by atoms with E-state index in [1.807, 2.05) is 32.0 Å². The fraction of sp³-hybridized carbons (Fsp3) is 0.294. The lowest BCUT2D eigenvalue weighted by Gasteiger charge is -2.11. The molecule has 0 aliphatic rings. The molecule has 0 unspecified atom stereocenters. The lowest BCUT2D eigenvalue weighted by atomic mass is 10.2. The standard InChI is InChI=1S/C17H20ClNO3S/c1-13(2)22-16-6-8-17(9-7-16)23(20,21)19-11-10-14-4-3-5-15(18)12-14/h3-9,12-13,19H,10-11H2,1-2H3. The van der Waals surface area contributed by atoms with Gasteiger partial charge >= 0.3 is 0 Å². The van der Waals surface area contributed by atoms with Gasteiger partial charge in [0.05, 0.1) is 11.0 Å². The van der Waals surface area contributed by atoms with E-state index >= 15 is 0 Å². The average Bonchev–Trinajstić information content (AvgIpc) is 2.47. The van der Waals surface area contributed by atoms with Crippen LogP contribution in [0.15, 0.2) is 53.4 Å². The third-order valence-electron chi connectivity index (χ3n) is 3.10. The Bertz CT molecular complexity index is 743. The van der Waals surface area contributed by atoms with E-state index in [2.05, 4.69) is 4.72 Å². The summed E-state index contributed by atoms with van der Waals surface area (Å²) in [5.41, 5.74) is 0.987. The van der Waals surface area contributed by atoms with Crippen LogP contribution in [0, 0.1) is 0 Å². The van der Waals surface area contributed by atoms with Crippen molar-refractivity contribution >= 4 is 21.6 Å². The van der Waals surface area contributed by atoms with E-state index in [0.717, 1.165) is 5.56 Å². The smallest absolute Gasteiger partial charge is 0.240 e. The van der Waals surface area contributed by atoms with Gasteiger partial charge in [0.2, 0.25) is 10.0 Å². The Kier molecular flexibility index (Phi) is 6.04. The molecule has 0 radical (unpaired) electrons. The van der Waals surface area contributed by atoms with Gasteiger partial charge in [-0.3, -0.25) is 0 Å². The molecule has 0 saturated heterocycles. The average molecular weight is 354 g/mol. The minimum atomic E-state index is -3.52. The van der Waals surface area contributed by atoms with Gasteiger partial charge in [-0.1, -0.05) is 23.7 Å². The zero-order valence-corrected chi connectivity index (χ0v) is 14.7. The molecule has 0 aliphatic carbocycles. The van der Waals surface area contributed by atoms with Gasteiger partial charge in [0, 0.05) is 11.6 Å². The molecule has 0 aliphatic heterocycles. The fourth-order valence-electron chi connectivity index (χ4n) is 2.08. The Labute approximate surface area is 142 Å². The van der Waals surface area contributed by atoms with E-state index < -0.39 is 10.0 Å². The molecule has 0 atom stereocenters. The molecule has 0 aromatic heterocycles. The molecule has 0 bridgehead atoms. The van der Waals surface area contributed by atoms with Crippen LogP contribution in [0.1, 0.15) is 19.4 Å². The van der Waals surface area contributed by atoms with Gasteiger partial charge < -0.3 is 4.74 Å². The zero-order valence-electron chi connectivity index (χ0n) is 13.1. The van der Waals surface area contributed by atoms with E-state index in [1.54, 1.807) is 30.3 Å². The van der Waals surface area contributed by atoms with Gasteiger partial charge in [-0.25, -0.2) is 13.1 Å². The molecule has 0 amide bonds. The maximum Gasteiger partial charge on any atom is 0.240 e.